The number of carboxylic acids is 1. The first-order chi connectivity index (χ1) is 20.7. The lowest BCUT2D eigenvalue weighted by Crippen LogP contribution is -2.49. The van der Waals surface area contributed by atoms with Crippen LogP contribution in [-0.2, 0) is 15.0 Å². The highest BCUT2D eigenvalue weighted by molar-refractivity contribution is 6.31. The number of hydrogen-bond acceptors (Lipinski definition) is 5. The molecule has 232 valence electrons. The van der Waals surface area contributed by atoms with E-state index in [0.29, 0.717) is 0 Å². The van der Waals surface area contributed by atoms with Gasteiger partial charge in [0.2, 0.25) is 11.8 Å². The topological polar surface area (TPSA) is 117 Å². The van der Waals surface area contributed by atoms with Gasteiger partial charge in [-0.3, -0.25) is 9.59 Å². The van der Waals surface area contributed by atoms with Crippen molar-refractivity contribution in [3.8, 4) is 5.75 Å². The SMILES string of the molecule is COc1cc(C(=O)O)ccc1NC(=O)[C@@H]1N[C@@H](CC(C)C(F)(F)F)[C@@]2(C(=O)Nc3cc(Cl)ccc32)[C@H]1c1cccc(Cl)c1F. The highest BCUT2D eigenvalue weighted by Crippen LogP contribution is 2.57. The fraction of sp³-hybridized carbons (Fsp3) is 0.300. The molecule has 2 heterocycles. The molecule has 1 fully saturated rings. The molecule has 0 aromatic heterocycles. The van der Waals surface area contributed by atoms with E-state index in [9.17, 15) is 32.7 Å². The van der Waals surface area contributed by atoms with Crippen molar-refractivity contribution in [1.82, 2.24) is 5.32 Å². The predicted octanol–water partition coefficient (Wildman–Crippen LogP) is 6.38. The number of fused-ring (bicyclic) bond motifs is 2. The molecular formula is C30H25Cl2F4N3O5. The van der Waals surface area contributed by atoms with Crippen LogP contribution >= 0.6 is 23.2 Å². The van der Waals surface area contributed by atoms with Gasteiger partial charge in [0.15, 0.2) is 0 Å². The molecule has 3 aromatic rings. The van der Waals surface area contributed by atoms with Crippen molar-refractivity contribution in [2.24, 2.45) is 5.92 Å². The molecule has 1 spiro atoms. The van der Waals surface area contributed by atoms with E-state index in [1.54, 1.807) is 0 Å². The molecule has 5 rings (SSSR count). The predicted molar refractivity (Wildman–Crippen MR) is 155 cm³/mol. The van der Waals surface area contributed by atoms with Gasteiger partial charge in [0.05, 0.1) is 35.3 Å². The first kappa shape index (κ1) is 31.6. The Morgan fingerprint density at radius 3 is 2.52 bits per heavy atom. The van der Waals surface area contributed by atoms with Gasteiger partial charge in [0.1, 0.15) is 17.0 Å². The number of halogens is 6. The molecule has 2 amide bonds. The lowest BCUT2D eigenvalue weighted by molar-refractivity contribution is -0.173. The summed E-state index contributed by atoms with van der Waals surface area (Å²) in [6.07, 6.45) is -5.28. The smallest absolute Gasteiger partial charge is 0.391 e. The number of nitrogens with one attached hydrogen (secondary N) is 3. The summed E-state index contributed by atoms with van der Waals surface area (Å²) in [4.78, 5) is 39.6. The Balaban J connectivity index is 1.70. The van der Waals surface area contributed by atoms with Crippen molar-refractivity contribution in [1.29, 1.82) is 0 Å². The number of methoxy groups -OCH3 is 1. The van der Waals surface area contributed by atoms with Gasteiger partial charge < -0.3 is 25.8 Å². The molecule has 2 aliphatic rings. The average Bonchev–Trinajstić information content (AvgIpc) is 3.44. The zero-order chi connectivity index (χ0) is 32.1. The second-order valence-electron chi connectivity index (χ2n) is 10.7. The van der Waals surface area contributed by atoms with Crippen LogP contribution in [0.25, 0.3) is 0 Å². The van der Waals surface area contributed by atoms with Crippen molar-refractivity contribution < 1.29 is 41.8 Å². The molecule has 8 nitrogen and oxygen atoms in total. The molecule has 0 radical (unpaired) electrons. The molecule has 3 aromatic carbocycles. The van der Waals surface area contributed by atoms with Crippen LogP contribution in [0.2, 0.25) is 10.0 Å². The van der Waals surface area contributed by atoms with Crippen molar-refractivity contribution in [2.75, 3.05) is 17.7 Å². The molecule has 1 saturated heterocycles. The number of rotatable bonds is 7. The molecule has 0 saturated carbocycles. The molecule has 5 atom stereocenters. The van der Waals surface area contributed by atoms with Crippen LogP contribution in [-0.4, -0.2) is 48.3 Å². The summed E-state index contributed by atoms with van der Waals surface area (Å²) in [6, 6.07) is 9.25. The first-order valence-corrected chi connectivity index (χ1v) is 14.1. The Morgan fingerprint density at radius 2 is 1.86 bits per heavy atom. The number of benzene rings is 3. The van der Waals surface area contributed by atoms with E-state index in [1.165, 1.54) is 61.7 Å². The highest BCUT2D eigenvalue weighted by Gasteiger charge is 2.66. The van der Waals surface area contributed by atoms with Crippen molar-refractivity contribution in [3.05, 3.63) is 87.2 Å². The Kier molecular flexibility index (Phi) is 8.29. The Hall–Kier alpha value is -3.87. The standard InChI is InChI=1S/C30H25Cl2F4N3O5/c1-13(30(34,35)36)10-22-29(17-8-7-15(31)12-20(17)38-28(29)43)23(16-4-3-5-18(32)24(16)33)25(39-22)26(40)37-19-9-6-14(27(41)42)11-21(19)44-2/h3-9,11-13,22-23,25,39H,10H2,1-2H3,(H,37,40)(H,38,43)(H,41,42)/t13?,22-,23-,25+,29+/m0/s1. The van der Waals surface area contributed by atoms with E-state index in [0.717, 1.165) is 6.92 Å². The van der Waals surface area contributed by atoms with E-state index >= 15 is 4.39 Å². The van der Waals surface area contributed by atoms with Crippen molar-refractivity contribution in [3.63, 3.8) is 0 Å². The third-order valence-corrected chi connectivity index (χ3v) is 8.79. The molecule has 4 N–H and O–H groups in total. The third kappa shape index (κ3) is 5.24. The van der Waals surface area contributed by atoms with Crippen LogP contribution in [0.1, 0.15) is 40.7 Å². The molecular weight excluding hydrogens is 629 g/mol. The van der Waals surface area contributed by atoms with E-state index in [-0.39, 0.29) is 43.9 Å². The number of amides is 2. The van der Waals surface area contributed by atoms with Crippen LogP contribution in [0.4, 0.5) is 28.9 Å². The van der Waals surface area contributed by atoms with Gasteiger partial charge in [-0.15, -0.1) is 0 Å². The van der Waals surface area contributed by atoms with Gasteiger partial charge in [0, 0.05) is 22.7 Å². The van der Waals surface area contributed by atoms with Crippen LogP contribution in [0, 0.1) is 11.7 Å². The maximum atomic E-state index is 15.8. The van der Waals surface area contributed by atoms with Crippen LogP contribution < -0.4 is 20.7 Å². The lowest BCUT2D eigenvalue weighted by Gasteiger charge is -2.36. The zero-order valence-corrected chi connectivity index (χ0v) is 24.6. The van der Waals surface area contributed by atoms with Gasteiger partial charge in [0.25, 0.3) is 0 Å². The number of ether oxygens (including phenoxy) is 1. The number of alkyl halides is 3. The number of anilines is 2. The Morgan fingerprint density at radius 1 is 1.14 bits per heavy atom. The minimum absolute atomic E-state index is 0.0164. The molecule has 44 heavy (non-hydrogen) atoms. The maximum Gasteiger partial charge on any atom is 0.391 e. The third-order valence-electron chi connectivity index (χ3n) is 8.26. The van der Waals surface area contributed by atoms with Gasteiger partial charge in [-0.1, -0.05) is 48.3 Å². The largest absolute Gasteiger partial charge is 0.495 e. The molecule has 14 heteroatoms. The summed E-state index contributed by atoms with van der Waals surface area (Å²) >= 11 is 12.3. The fourth-order valence-electron chi connectivity index (χ4n) is 6.20. The van der Waals surface area contributed by atoms with E-state index < -0.39 is 65.5 Å². The quantitative estimate of drug-likeness (QED) is 0.220. The molecule has 1 unspecified atom stereocenters. The maximum absolute atomic E-state index is 15.8. The Labute approximate surface area is 258 Å². The Bertz CT molecular complexity index is 1670. The van der Waals surface area contributed by atoms with Crippen molar-refractivity contribution >= 4 is 52.4 Å². The van der Waals surface area contributed by atoms with E-state index in [4.69, 9.17) is 27.9 Å². The normalized spacial score (nSPS) is 23.3. The minimum Gasteiger partial charge on any atom is -0.495 e. The number of carboxylic acid groups (broad SMARTS) is 1. The molecule has 0 bridgehead atoms. The molecule has 2 aliphatic heterocycles. The van der Waals surface area contributed by atoms with E-state index in [2.05, 4.69) is 16.0 Å². The van der Waals surface area contributed by atoms with Gasteiger partial charge in [-0.2, -0.15) is 13.2 Å². The minimum atomic E-state index is -4.64. The number of carbonyl (C=O) groups is 3. The summed E-state index contributed by atoms with van der Waals surface area (Å²) in [6.45, 7) is 0.961. The van der Waals surface area contributed by atoms with Crippen LogP contribution in [0.3, 0.4) is 0 Å². The summed E-state index contributed by atoms with van der Waals surface area (Å²) in [5.41, 5.74) is -1.72. The average molecular weight is 654 g/mol. The summed E-state index contributed by atoms with van der Waals surface area (Å²) < 4.78 is 62.8. The zero-order valence-electron chi connectivity index (χ0n) is 23.1. The fourth-order valence-corrected chi connectivity index (χ4v) is 6.55. The van der Waals surface area contributed by atoms with Crippen LogP contribution in [0.15, 0.2) is 54.6 Å². The molecule has 0 aliphatic carbocycles. The summed E-state index contributed by atoms with van der Waals surface area (Å²) in [5.74, 6) is -7.12. The number of carbonyl (C=O) groups excluding carboxylic acids is 2. The monoisotopic (exact) mass is 653 g/mol. The summed E-state index contributed by atoms with van der Waals surface area (Å²) in [7, 11) is 1.25. The summed E-state index contributed by atoms with van der Waals surface area (Å²) in [5, 5.41) is 17.5. The first-order valence-electron chi connectivity index (χ1n) is 13.3. The van der Waals surface area contributed by atoms with E-state index in [1.807, 2.05) is 0 Å². The second-order valence-corrected chi connectivity index (χ2v) is 11.6. The lowest BCUT2D eigenvalue weighted by atomic mass is 9.63. The number of aromatic carboxylic acids is 1. The van der Waals surface area contributed by atoms with Gasteiger partial charge in [-0.25, -0.2) is 9.18 Å². The number of hydrogen-bond donors (Lipinski definition) is 4. The van der Waals surface area contributed by atoms with Crippen LogP contribution in [0.5, 0.6) is 5.75 Å². The second kappa shape index (κ2) is 11.6. The van der Waals surface area contributed by atoms with Gasteiger partial charge in [-0.05, 0) is 53.9 Å². The van der Waals surface area contributed by atoms with Gasteiger partial charge >= 0.3 is 12.1 Å². The highest BCUT2D eigenvalue weighted by atomic mass is 35.5. The van der Waals surface area contributed by atoms with Crippen molar-refractivity contribution in [2.45, 2.75) is 42.9 Å².